The van der Waals surface area contributed by atoms with Crippen molar-refractivity contribution in [2.24, 2.45) is 0 Å². The molecule has 2 rings (SSSR count). The van der Waals surface area contributed by atoms with Crippen LogP contribution >= 0.6 is 11.3 Å². The van der Waals surface area contributed by atoms with Crippen molar-refractivity contribution in [3.8, 4) is 0 Å². The van der Waals surface area contributed by atoms with Crippen LogP contribution in [0.2, 0.25) is 0 Å². The second-order valence-electron chi connectivity index (χ2n) is 4.41. The third kappa shape index (κ3) is 4.11. The van der Waals surface area contributed by atoms with E-state index >= 15 is 0 Å². The van der Waals surface area contributed by atoms with E-state index in [9.17, 15) is 14.3 Å². The molecule has 0 fully saturated rings. The number of hydrogen-bond donors (Lipinski definition) is 2. The number of aliphatic hydroxyl groups excluding tert-OH is 1. The molecule has 0 aliphatic heterocycles. The predicted molar refractivity (Wildman–Crippen MR) is 74.9 cm³/mol. The van der Waals surface area contributed by atoms with E-state index in [1.807, 2.05) is 12.3 Å². The predicted octanol–water partition coefficient (Wildman–Crippen LogP) is 1.98. The molecule has 1 amide bonds. The van der Waals surface area contributed by atoms with Gasteiger partial charge in [-0.05, 0) is 24.6 Å². The summed E-state index contributed by atoms with van der Waals surface area (Å²) in [6, 6.07) is 5.54. The Morgan fingerprint density at radius 1 is 1.45 bits per heavy atom. The van der Waals surface area contributed by atoms with E-state index in [0.29, 0.717) is 5.56 Å². The molecule has 1 aromatic carbocycles. The highest BCUT2D eigenvalue weighted by atomic mass is 32.1. The van der Waals surface area contributed by atoms with Gasteiger partial charge in [-0.25, -0.2) is 9.37 Å². The van der Waals surface area contributed by atoms with Crippen molar-refractivity contribution < 1.29 is 14.3 Å². The van der Waals surface area contributed by atoms with Gasteiger partial charge in [0, 0.05) is 11.9 Å². The van der Waals surface area contributed by atoms with Crippen molar-refractivity contribution >= 4 is 17.2 Å². The topological polar surface area (TPSA) is 62.2 Å². The summed E-state index contributed by atoms with van der Waals surface area (Å²) in [5, 5.41) is 15.3. The maximum absolute atomic E-state index is 12.8. The van der Waals surface area contributed by atoms with Crippen LogP contribution in [-0.2, 0) is 11.2 Å². The summed E-state index contributed by atoms with van der Waals surface area (Å²) in [6.45, 7) is 1.97. The van der Waals surface area contributed by atoms with E-state index in [1.54, 1.807) is 0 Å². The first-order valence-electron chi connectivity index (χ1n) is 6.16. The number of hydrogen-bond acceptors (Lipinski definition) is 4. The standard InChI is InChI=1S/C14H15FN2O2S/c1-9-17-12(8-20-9)6-14(19)16-7-13(18)10-2-4-11(15)5-3-10/h2-5,8,13,18H,6-7H2,1H3,(H,16,19). The molecule has 1 aromatic heterocycles. The molecule has 0 spiro atoms. The van der Waals surface area contributed by atoms with Crippen LogP contribution in [-0.4, -0.2) is 22.5 Å². The van der Waals surface area contributed by atoms with Gasteiger partial charge in [0.1, 0.15) is 5.82 Å². The monoisotopic (exact) mass is 294 g/mol. The number of rotatable bonds is 5. The SMILES string of the molecule is Cc1nc(CC(=O)NCC(O)c2ccc(F)cc2)cs1. The van der Waals surface area contributed by atoms with Crippen LogP contribution in [0.25, 0.3) is 0 Å². The van der Waals surface area contributed by atoms with E-state index in [1.165, 1.54) is 35.6 Å². The summed E-state index contributed by atoms with van der Waals surface area (Å²) >= 11 is 1.49. The van der Waals surface area contributed by atoms with Gasteiger partial charge in [0.15, 0.2) is 0 Å². The third-order valence-electron chi connectivity index (χ3n) is 2.76. The second kappa shape index (κ2) is 6.58. The molecule has 0 radical (unpaired) electrons. The lowest BCUT2D eigenvalue weighted by atomic mass is 10.1. The Bertz CT molecular complexity index is 583. The lowest BCUT2D eigenvalue weighted by molar-refractivity contribution is -0.120. The number of aromatic nitrogens is 1. The summed E-state index contributed by atoms with van der Waals surface area (Å²) < 4.78 is 12.8. The summed E-state index contributed by atoms with van der Waals surface area (Å²) in [5.74, 6) is -0.555. The van der Waals surface area contributed by atoms with Crippen molar-refractivity contribution in [2.75, 3.05) is 6.54 Å². The lowest BCUT2D eigenvalue weighted by Crippen LogP contribution is -2.29. The zero-order chi connectivity index (χ0) is 14.5. The van der Waals surface area contributed by atoms with E-state index in [2.05, 4.69) is 10.3 Å². The summed E-state index contributed by atoms with van der Waals surface area (Å²) in [6.07, 6.45) is -0.655. The molecule has 0 aliphatic rings. The van der Waals surface area contributed by atoms with Gasteiger partial charge in [0.05, 0.1) is 23.2 Å². The quantitative estimate of drug-likeness (QED) is 0.886. The molecule has 1 unspecified atom stereocenters. The van der Waals surface area contributed by atoms with Gasteiger partial charge in [-0.2, -0.15) is 0 Å². The molecule has 1 heterocycles. The third-order valence-corrected chi connectivity index (χ3v) is 3.58. The number of carbonyl (C=O) groups is 1. The van der Waals surface area contributed by atoms with Crippen molar-refractivity contribution in [1.29, 1.82) is 0 Å². The first-order chi connectivity index (χ1) is 9.54. The molecule has 1 atom stereocenters. The normalized spacial score (nSPS) is 12.2. The van der Waals surface area contributed by atoms with Gasteiger partial charge in [-0.1, -0.05) is 12.1 Å². The number of amides is 1. The first kappa shape index (κ1) is 14.6. The number of halogens is 1. The Morgan fingerprint density at radius 3 is 2.75 bits per heavy atom. The number of aryl methyl sites for hydroxylation is 1. The fourth-order valence-electron chi connectivity index (χ4n) is 1.73. The Balaban J connectivity index is 1.82. The Kier molecular flexibility index (Phi) is 4.81. The minimum absolute atomic E-state index is 0.0909. The van der Waals surface area contributed by atoms with Gasteiger partial charge in [0.2, 0.25) is 5.91 Å². The minimum Gasteiger partial charge on any atom is -0.387 e. The van der Waals surface area contributed by atoms with E-state index < -0.39 is 6.10 Å². The van der Waals surface area contributed by atoms with Gasteiger partial charge in [-0.15, -0.1) is 11.3 Å². The summed E-state index contributed by atoms with van der Waals surface area (Å²) in [7, 11) is 0. The van der Waals surface area contributed by atoms with Crippen LogP contribution in [0.5, 0.6) is 0 Å². The van der Waals surface area contributed by atoms with Crippen LogP contribution in [0.1, 0.15) is 22.4 Å². The largest absolute Gasteiger partial charge is 0.387 e. The molecular formula is C14H15FN2O2S. The highest BCUT2D eigenvalue weighted by Gasteiger charge is 2.11. The zero-order valence-corrected chi connectivity index (χ0v) is 11.8. The summed E-state index contributed by atoms with van der Waals surface area (Å²) in [5.41, 5.74) is 1.29. The van der Waals surface area contributed by atoms with Gasteiger partial charge < -0.3 is 10.4 Å². The molecule has 0 bridgehead atoms. The molecule has 4 nitrogen and oxygen atoms in total. The molecule has 0 saturated carbocycles. The molecule has 0 aliphatic carbocycles. The van der Waals surface area contributed by atoms with Crippen molar-refractivity contribution in [3.05, 3.63) is 51.7 Å². The molecule has 2 aromatic rings. The molecular weight excluding hydrogens is 279 g/mol. The highest BCUT2D eigenvalue weighted by molar-refractivity contribution is 7.09. The molecule has 0 saturated heterocycles. The minimum atomic E-state index is -0.850. The average Bonchev–Trinajstić information content (AvgIpc) is 2.82. The number of benzene rings is 1. The number of nitrogens with one attached hydrogen (secondary N) is 1. The van der Waals surface area contributed by atoms with Crippen molar-refractivity contribution in [3.63, 3.8) is 0 Å². The number of nitrogens with zero attached hydrogens (tertiary/aromatic N) is 1. The van der Waals surface area contributed by atoms with E-state index in [-0.39, 0.29) is 24.7 Å². The molecule has 6 heteroatoms. The number of thiazole rings is 1. The smallest absolute Gasteiger partial charge is 0.226 e. The Morgan fingerprint density at radius 2 is 2.15 bits per heavy atom. The highest BCUT2D eigenvalue weighted by Crippen LogP contribution is 2.12. The van der Waals surface area contributed by atoms with Crippen LogP contribution in [0.15, 0.2) is 29.6 Å². The van der Waals surface area contributed by atoms with E-state index in [4.69, 9.17) is 0 Å². The second-order valence-corrected chi connectivity index (χ2v) is 5.47. The number of carbonyl (C=O) groups excluding carboxylic acids is 1. The van der Waals surface area contributed by atoms with Crippen LogP contribution in [0, 0.1) is 12.7 Å². The Labute approximate surface area is 120 Å². The van der Waals surface area contributed by atoms with Gasteiger partial charge in [0.25, 0.3) is 0 Å². The fourth-order valence-corrected chi connectivity index (χ4v) is 2.34. The van der Waals surface area contributed by atoms with Crippen molar-refractivity contribution in [2.45, 2.75) is 19.4 Å². The van der Waals surface area contributed by atoms with Gasteiger partial charge >= 0.3 is 0 Å². The zero-order valence-electron chi connectivity index (χ0n) is 11.0. The van der Waals surface area contributed by atoms with Crippen LogP contribution < -0.4 is 5.32 Å². The van der Waals surface area contributed by atoms with Crippen LogP contribution in [0.3, 0.4) is 0 Å². The van der Waals surface area contributed by atoms with Crippen molar-refractivity contribution in [1.82, 2.24) is 10.3 Å². The molecule has 2 N–H and O–H groups in total. The number of aliphatic hydroxyl groups is 1. The molecule has 20 heavy (non-hydrogen) atoms. The maximum Gasteiger partial charge on any atom is 0.226 e. The van der Waals surface area contributed by atoms with Gasteiger partial charge in [-0.3, -0.25) is 4.79 Å². The lowest BCUT2D eigenvalue weighted by Gasteiger charge is -2.11. The maximum atomic E-state index is 12.8. The Hall–Kier alpha value is -1.79. The first-order valence-corrected chi connectivity index (χ1v) is 7.04. The van der Waals surface area contributed by atoms with Crippen LogP contribution in [0.4, 0.5) is 4.39 Å². The summed E-state index contributed by atoms with van der Waals surface area (Å²) in [4.78, 5) is 15.9. The average molecular weight is 294 g/mol. The fraction of sp³-hybridized carbons (Fsp3) is 0.286. The van der Waals surface area contributed by atoms with E-state index in [0.717, 1.165) is 10.7 Å². The molecule has 106 valence electrons.